The fourth-order valence-electron chi connectivity index (χ4n) is 3.34. The number of aryl methyl sites for hydroxylation is 1. The number of nitrogens with one attached hydrogen (secondary N) is 1. The van der Waals surface area contributed by atoms with Crippen LogP contribution in [0.25, 0.3) is 0 Å². The molecule has 1 heterocycles. The summed E-state index contributed by atoms with van der Waals surface area (Å²) in [6.07, 6.45) is -1.20. The molecule has 2 rings (SSSR count). The third kappa shape index (κ3) is 6.81. The van der Waals surface area contributed by atoms with Crippen LogP contribution >= 0.6 is 0 Å². The number of phenols is 1. The average Bonchev–Trinajstić information content (AvgIpc) is 2.67. The second-order valence-electron chi connectivity index (χ2n) is 7.70. The number of amides is 2. The summed E-state index contributed by atoms with van der Waals surface area (Å²) in [5.74, 6) is -4.66. The molecule has 1 saturated heterocycles. The van der Waals surface area contributed by atoms with Crippen molar-refractivity contribution in [2.75, 3.05) is 13.1 Å². The van der Waals surface area contributed by atoms with E-state index < -0.39 is 66.8 Å². The molecule has 33 heavy (non-hydrogen) atoms. The van der Waals surface area contributed by atoms with E-state index in [-0.39, 0.29) is 37.1 Å². The molecule has 0 unspecified atom stereocenters. The van der Waals surface area contributed by atoms with Gasteiger partial charge in [0.05, 0.1) is 31.6 Å². The van der Waals surface area contributed by atoms with Crippen molar-refractivity contribution in [2.45, 2.75) is 44.3 Å². The van der Waals surface area contributed by atoms with Crippen LogP contribution in [0, 0.1) is 0 Å². The number of carboxylic acid groups (broad SMARTS) is 2. The van der Waals surface area contributed by atoms with Crippen LogP contribution in [-0.2, 0) is 20.8 Å². The number of hydrogen-bond acceptors (Lipinski definition) is 9. The van der Waals surface area contributed by atoms with Crippen molar-refractivity contribution in [3.05, 3.63) is 23.3 Å². The van der Waals surface area contributed by atoms with Gasteiger partial charge in [0, 0.05) is 0 Å². The van der Waals surface area contributed by atoms with Crippen molar-refractivity contribution in [3.63, 3.8) is 0 Å². The molecule has 0 aliphatic carbocycles. The fraction of sp³-hybridized carbons (Fsp3) is 0.474. The van der Waals surface area contributed by atoms with Gasteiger partial charge in [-0.3, -0.25) is 19.7 Å². The Morgan fingerprint density at radius 2 is 1.88 bits per heavy atom. The number of nitrogens with two attached hydrogens (primary N) is 1. The molecule has 1 aromatic rings. The zero-order valence-electron chi connectivity index (χ0n) is 17.8. The van der Waals surface area contributed by atoms with Crippen LogP contribution in [0.2, 0.25) is 6.32 Å². The smallest absolute Gasteiger partial charge is 0.451 e. The maximum absolute atomic E-state index is 12.5. The lowest BCUT2D eigenvalue weighted by molar-refractivity contribution is -0.144. The van der Waals surface area contributed by atoms with Gasteiger partial charge >= 0.3 is 19.1 Å². The fourth-order valence-corrected chi connectivity index (χ4v) is 3.34. The maximum atomic E-state index is 12.5. The van der Waals surface area contributed by atoms with E-state index >= 15 is 0 Å². The van der Waals surface area contributed by atoms with Crippen molar-refractivity contribution >= 4 is 30.9 Å². The van der Waals surface area contributed by atoms with E-state index in [0.717, 1.165) is 0 Å². The van der Waals surface area contributed by atoms with Crippen LogP contribution in [0.1, 0.15) is 29.3 Å². The Hall–Kier alpha value is -3.36. The second-order valence-corrected chi connectivity index (χ2v) is 7.70. The summed E-state index contributed by atoms with van der Waals surface area (Å²) in [6.45, 7) is 1.66. The number of carbonyl (C=O) groups excluding carboxylic acids is 2. The Labute approximate surface area is 188 Å². The molecule has 1 aliphatic heterocycles. The SMILES string of the molecule is C[C@@H](N[C@H](CC(=O)O)C(N)=O)C(=O)N1CC(Oc2ccc(CCB(O)O)c(O)c2C(=O)O)C1. The Morgan fingerprint density at radius 3 is 2.39 bits per heavy atom. The Kier molecular flexibility index (Phi) is 8.62. The normalized spacial score (nSPS) is 15.3. The number of nitrogens with zero attached hydrogens (tertiary/aromatic N) is 1. The summed E-state index contributed by atoms with van der Waals surface area (Å²) in [6, 6.07) is 0.642. The zero-order valence-corrected chi connectivity index (χ0v) is 17.8. The molecule has 0 saturated carbocycles. The van der Waals surface area contributed by atoms with E-state index in [9.17, 15) is 29.4 Å². The van der Waals surface area contributed by atoms with Gasteiger partial charge in [-0.15, -0.1) is 0 Å². The highest BCUT2D eigenvalue weighted by atomic mass is 16.5. The van der Waals surface area contributed by atoms with Gasteiger partial charge in [-0.1, -0.05) is 6.07 Å². The van der Waals surface area contributed by atoms with Crippen molar-refractivity contribution in [1.29, 1.82) is 0 Å². The maximum Gasteiger partial charge on any atom is 0.451 e. The lowest BCUT2D eigenvalue weighted by atomic mass is 9.82. The first kappa shape index (κ1) is 25.9. The number of primary amides is 1. The van der Waals surface area contributed by atoms with Gasteiger partial charge in [-0.2, -0.15) is 0 Å². The number of hydrogen-bond donors (Lipinski definition) is 7. The third-order valence-corrected chi connectivity index (χ3v) is 5.11. The van der Waals surface area contributed by atoms with E-state index in [1.807, 2.05) is 0 Å². The van der Waals surface area contributed by atoms with E-state index in [0.29, 0.717) is 0 Å². The number of aromatic hydroxyl groups is 1. The lowest BCUT2D eigenvalue weighted by Crippen LogP contribution is -2.61. The van der Waals surface area contributed by atoms with Crippen LogP contribution < -0.4 is 15.8 Å². The molecule has 1 aromatic carbocycles. The summed E-state index contributed by atoms with van der Waals surface area (Å²) in [5.41, 5.74) is 4.89. The van der Waals surface area contributed by atoms with Gasteiger partial charge in [0.2, 0.25) is 11.8 Å². The van der Waals surface area contributed by atoms with Crippen molar-refractivity contribution in [3.8, 4) is 11.5 Å². The molecular formula is C19H26BN3O10. The monoisotopic (exact) mass is 467 g/mol. The third-order valence-electron chi connectivity index (χ3n) is 5.11. The van der Waals surface area contributed by atoms with Crippen LogP contribution in [0.5, 0.6) is 11.5 Å². The van der Waals surface area contributed by atoms with Gasteiger partial charge in [-0.05, 0) is 31.3 Å². The molecule has 0 spiro atoms. The molecule has 8 N–H and O–H groups in total. The molecule has 0 aromatic heterocycles. The van der Waals surface area contributed by atoms with Crippen molar-refractivity contribution in [1.82, 2.24) is 10.2 Å². The van der Waals surface area contributed by atoms with Crippen LogP contribution in [0.15, 0.2) is 12.1 Å². The predicted molar refractivity (Wildman–Crippen MR) is 113 cm³/mol. The number of ether oxygens (including phenoxy) is 1. The number of aliphatic carboxylic acids is 1. The first-order chi connectivity index (χ1) is 15.4. The number of rotatable bonds is 12. The number of benzene rings is 1. The van der Waals surface area contributed by atoms with Gasteiger partial charge in [0.15, 0.2) is 0 Å². The topological polar surface area (TPSA) is 220 Å². The van der Waals surface area contributed by atoms with Crippen LogP contribution in [0.4, 0.5) is 0 Å². The van der Waals surface area contributed by atoms with Crippen LogP contribution in [0.3, 0.4) is 0 Å². The Balaban J connectivity index is 1.99. The number of likely N-dealkylation sites (tertiary alicyclic amines) is 1. The van der Waals surface area contributed by atoms with Crippen LogP contribution in [-0.4, -0.2) is 92.4 Å². The quantitative estimate of drug-likeness (QED) is 0.167. The van der Waals surface area contributed by atoms with Gasteiger partial charge < -0.3 is 40.7 Å². The zero-order chi connectivity index (χ0) is 24.9. The summed E-state index contributed by atoms with van der Waals surface area (Å²) < 4.78 is 5.63. The molecule has 1 fully saturated rings. The van der Waals surface area contributed by atoms with Crippen molar-refractivity contribution < 1.29 is 49.3 Å². The standard InChI is InChI=1S/C19H26BN3O10/c1-9(22-12(17(21)27)6-14(24)25)18(28)23-7-11(8-23)33-13-3-2-10(4-5-20(31)32)16(26)15(13)19(29)30/h2-3,9,11-12,22,26,31-32H,4-8H2,1H3,(H2,21,27)(H,24,25)(H,29,30)/t9-,12-/m1/s1. The largest absolute Gasteiger partial charge is 0.507 e. The molecule has 13 nitrogen and oxygen atoms in total. The lowest BCUT2D eigenvalue weighted by Gasteiger charge is -2.40. The Bertz CT molecular complexity index is 919. The summed E-state index contributed by atoms with van der Waals surface area (Å²) in [4.78, 5) is 47.7. The average molecular weight is 467 g/mol. The predicted octanol–water partition coefficient (Wildman–Crippen LogP) is -2.00. The highest BCUT2D eigenvalue weighted by molar-refractivity contribution is 6.41. The van der Waals surface area contributed by atoms with E-state index in [2.05, 4.69) is 5.32 Å². The summed E-state index contributed by atoms with van der Waals surface area (Å²) in [7, 11) is -1.61. The minimum atomic E-state index is -1.61. The first-order valence-corrected chi connectivity index (χ1v) is 10.1. The minimum Gasteiger partial charge on any atom is -0.507 e. The second kappa shape index (κ2) is 11.0. The molecule has 1 aliphatic rings. The molecule has 14 heteroatoms. The highest BCUT2D eigenvalue weighted by Gasteiger charge is 2.36. The van der Waals surface area contributed by atoms with Crippen molar-refractivity contribution in [2.24, 2.45) is 5.73 Å². The molecule has 180 valence electrons. The number of aromatic carboxylic acids is 1. The molecular weight excluding hydrogens is 441 g/mol. The van der Waals surface area contributed by atoms with E-state index in [1.54, 1.807) is 0 Å². The Morgan fingerprint density at radius 1 is 1.24 bits per heavy atom. The van der Waals surface area contributed by atoms with E-state index in [1.165, 1.54) is 24.0 Å². The summed E-state index contributed by atoms with van der Waals surface area (Å²) in [5, 5.41) is 49.1. The molecule has 0 radical (unpaired) electrons. The summed E-state index contributed by atoms with van der Waals surface area (Å²) >= 11 is 0. The highest BCUT2D eigenvalue weighted by Crippen LogP contribution is 2.34. The van der Waals surface area contributed by atoms with Gasteiger partial charge in [0.25, 0.3) is 0 Å². The number of carbonyl (C=O) groups is 4. The molecule has 2 amide bonds. The van der Waals surface area contributed by atoms with Gasteiger partial charge in [-0.25, -0.2) is 4.79 Å². The number of carboxylic acids is 2. The van der Waals surface area contributed by atoms with Gasteiger partial charge in [0.1, 0.15) is 23.2 Å². The van der Waals surface area contributed by atoms with E-state index in [4.69, 9.17) is 25.6 Å². The first-order valence-electron chi connectivity index (χ1n) is 10.1. The molecule has 2 atom stereocenters. The minimum absolute atomic E-state index is 0.0365. The molecule has 0 bridgehead atoms.